The fourth-order valence-electron chi connectivity index (χ4n) is 2.29. The third-order valence-corrected chi connectivity index (χ3v) is 3.42. The first kappa shape index (κ1) is 11.2. The smallest absolute Gasteiger partial charge is 0.319 e. The van der Waals surface area contributed by atoms with Crippen molar-refractivity contribution < 1.29 is 4.42 Å². The predicted molar refractivity (Wildman–Crippen MR) is 63.1 cm³/mol. The summed E-state index contributed by atoms with van der Waals surface area (Å²) in [7, 11) is 0. The highest BCUT2D eigenvalue weighted by Crippen LogP contribution is 2.35. The summed E-state index contributed by atoms with van der Waals surface area (Å²) in [6, 6.07) is 0.706. The zero-order valence-electron chi connectivity index (χ0n) is 10.2. The van der Waals surface area contributed by atoms with Crippen molar-refractivity contribution >= 4 is 12.0 Å². The molecule has 0 radical (unpaired) electrons. The van der Waals surface area contributed by atoms with E-state index in [9.17, 15) is 0 Å². The molecule has 5 heteroatoms. The van der Waals surface area contributed by atoms with E-state index in [0.29, 0.717) is 11.4 Å². The zero-order valence-corrected chi connectivity index (χ0v) is 10.2. The minimum Gasteiger partial charge on any atom is -0.390 e. The summed E-state index contributed by atoms with van der Waals surface area (Å²) in [5.74, 6) is 0.768. The van der Waals surface area contributed by atoms with E-state index >= 15 is 0 Å². The molecule has 16 heavy (non-hydrogen) atoms. The molecule has 0 aliphatic carbocycles. The summed E-state index contributed by atoms with van der Waals surface area (Å²) in [6.45, 7) is 8.86. The molecule has 1 aromatic rings. The lowest BCUT2D eigenvalue weighted by atomic mass is 9.75. The first-order valence-corrected chi connectivity index (χ1v) is 5.81. The first-order chi connectivity index (χ1) is 7.47. The number of nitrogens with two attached hydrogens (primary N) is 1. The third kappa shape index (κ3) is 2.28. The van der Waals surface area contributed by atoms with Crippen molar-refractivity contribution in [1.82, 2.24) is 10.2 Å². The molecule has 2 heterocycles. The molecule has 1 aromatic heterocycles. The number of piperidine rings is 1. The van der Waals surface area contributed by atoms with Crippen LogP contribution in [-0.2, 0) is 0 Å². The van der Waals surface area contributed by atoms with E-state index in [0.717, 1.165) is 19.0 Å². The van der Waals surface area contributed by atoms with Gasteiger partial charge in [0.05, 0.1) is 0 Å². The van der Waals surface area contributed by atoms with Gasteiger partial charge in [-0.15, -0.1) is 0 Å². The number of aromatic nitrogens is 2. The van der Waals surface area contributed by atoms with Gasteiger partial charge in [0.25, 0.3) is 0 Å². The standard InChI is InChI=1S/C11H20N4O/c1-11(2,3)8-4-6-15(7-5-8)10-14-13-9(12)16-10/h8H,4-7H2,1-3H3,(H2,12,13). The molecular weight excluding hydrogens is 204 g/mol. The Hall–Kier alpha value is -1.26. The van der Waals surface area contributed by atoms with Crippen molar-refractivity contribution in [3.05, 3.63) is 0 Å². The van der Waals surface area contributed by atoms with Crippen LogP contribution in [0.2, 0.25) is 0 Å². The SMILES string of the molecule is CC(C)(C)C1CCN(c2nnc(N)o2)CC1. The molecular formula is C11H20N4O. The summed E-state index contributed by atoms with van der Waals surface area (Å²) in [5.41, 5.74) is 5.80. The van der Waals surface area contributed by atoms with Crippen molar-refractivity contribution in [2.75, 3.05) is 23.7 Å². The average molecular weight is 224 g/mol. The Morgan fingerprint density at radius 2 is 1.88 bits per heavy atom. The van der Waals surface area contributed by atoms with E-state index in [1.54, 1.807) is 0 Å². The van der Waals surface area contributed by atoms with Crippen LogP contribution in [0.5, 0.6) is 0 Å². The molecule has 0 atom stereocenters. The van der Waals surface area contributed by atoms with E-state index in [1.165, 1.54) is 12.8 Å². The average Bonchev–Trinajstić information content (AvgIpc) is 2.64. The molecule has 0 aromatic carbocycles. The van der Waals surface area contributed by atoms with Gasteiger partial charge >= 0.3 is 12.0 Å². The normalized spacial score (nSPS) is 19.1. The molecule has 0 unspecified atom stereocenters. The van der Waals surface area contributed by atoms with E-state index in [1.807, 2.05) is 0 Å². The van der Waals surface area contributed by atoms with Gasteiger partial charge in [0, 0.05) is 13.1 Å². The van der Waals surface area contributed by atoms with Crippen molar-refractivity contribution in [2.45, 2.75) is 33.6 Å². The second-order valence-electron chi connectivity index (χ2n) is 5.55. The predicted octanol–water partition coefficient (Wildman–Crippen LogP) is 1.91. The Labute approximate surface area is 96.0 Å². The second kappa shape index (κ2) is 3.96. The lowest BCUT2D eigenvalue weighted by Gasteiger charge is -2.37. The molecule has 90 valence electrons. The van der Waals surface area contributed by atoms with E-state index < -0.39 is 0 Å². The summed E-state index contributed by atoms with van der Waals surface area (Å²) >= 11 is 0. The Morgan fingerprint density at radius 1 is 1.25 bits per heavy atom. The van der Waals surface area contributed by atoms with E-state index in [2.05, 4.69) is 35.9 Å². The van der Waals surface area contributed by atoms with Gasteiger partial charge < -0.3 is 15.1 Å². The first-order valence-electron chi connectivity index (χ1n) is 5.81. The summed E-state index contributed by atoms with van der Waals surface area (Å²) in [4.78, 5) is 2.12. The van der Waals surface area contributed by atoms with Gasteiger partial charge in [-0.2, -0.15) is 0 Å². The van der Waals surface area contributed by atoms with Crippen LogP contribution in [0.3, 0.4) is 0 Å². The maximum absolute atomic E-state index is 5.41. The molecule has 0 amide bonds. The fourth-order valence-corrected chi connectivity index (χ4v) is 2.29. The quantitative estimate of drug-likeness (QED) is 0.789. The Bertz CT molecular complexity index is 347. The molecule has 0 spiro atoms. The Kier molecular flexibility index (Phi) is 2.78. The number of nitrogens with zero attached hydrogens (tertiary/aromatic N) is 3. The van der Waals surface area contributed by atoms with E-state index in [-0.39, 0.29) is 6.01 Å². The number of nitrogen functional groups attached to an aromatic ring is 1. The van der Waals surface area contributed by atoms with E-state index in [4.69, 9.17) is 10.2 Å². The molecule has 2 rings (SSSR count). The minimum absolute atomic E-state index is 0.146. The Balaban J connectivity index is 1.95. The molecule has 1 aliphatic heterocycles. The van der Waals surface area contributed by atoms with Crippen molar-refractivity contribution in [3.63, 3.8) is 0 Å². The van der Waals surface area contributed by atoms with Gasteiger partial charge in [-0.3, -0.25) is 0 Å². The molecule has 5 nitrogen and oxygen atoms in total. The minimum atomic E-state index is 0.146. The molecule has 2 N–H and O–H groups in total. The zero-order chi connectivity index (χ0) is 11.8. The highest BCUT2D eigenvalue weighted by molar-refractivity contribution is 5.28. The number of hydrogen-bond donors (Lipinski definition) is 1. The fraction of sp³-hybridized carbons (Fsp3) is 0.818. The highest BCUT2D eigenvalue weighted by Gasteiger charge is 2.30. The number of rotatable bonds is 1. The van der Waals surface area contributed by atoms with Gasteiger partial charge in [0.2, 0.25) is 0 Å². The maximum atomic E-state index is 5.41. The van der Waals surface area contributed by atoms with Crippen LogP contribution in [0.25, 0.3) is 0 Å². The number of hydrogen-bond acceptors (Lipinski definition) is 5. The molecule has 1 fully saturated rings. The molecule has 1 aliphatic rings. The summed E-state index contributed by atoms with van der Waals surface area (Å²) in [5, 5.41) is 7.59. The van der Waals surface area contributed by atoms with Gasteiger partial charge in [-0.25, -0.2) is 0 Å². The van der Waals surface area contributed by atoms with Crippen molar-refractivity contribution in [3.8, 4) is 0 Å². The van der Waals surface area contributed by atoms with Crippen LogP contribution >= 0.6 is 0 Å². The van der Waals surface area contributed by atoms with Crippen LogP contribution in [0.15, 0.2) is 4.42 Å². The summed E-state index contributed by atoms with van der Waals surface area (Å²) < 4.78 is 5.23. The lowest BCUT2D eigenvalue weighted by Crippen LogP contribution is -2.38. The molecule has 1 saturated heterocycles. The van der Waals surface area contributed by atoms with Crippen LogP contribution < -0.4 is 10.6 Å². The lowest BCUT2D eigenvalue weighted by molar-refractivity contribution is 0.196. The molecule has 0 bridgehead atoms. The van der Waals surface area contributed by atoms with Crippen LogP contribution in [-0.4, -0.2) is 23.3 Å². The van der Waals surface area contributed by atoms with Crippen molar-refractivity contribution in [1.29, 1.82) is 0 Å². The second-order valence-corrected chi connectivity index (χ2v) is 5.55. The van der Waals surface area contributed by atoms with Gasteiger partial charge in [-0.05, 0) is 24.2 Å². The highest BCUT2D eigenvalue weighted by atomic mass is 16.4. The largest absolute Gasteiger partial charge is 0.390 e. The summed E-state index contributed by atoms with van der Waals surface area (Å²) in [6.07, 6.45) is 2.34. The monoisotopic (exact) mass is 224 g/mol. The maximum Gasteiger partial charge on any atom is 0.319 e. The topological polar surface area (TPSA) is 68.2 Å². The van der Waals surface area contributed by atoms with Crippen LogP contribution in [0, 0.1) is 11.3 Å². The van der Waals surface area contributed by atoms with Gasteiger partial charge in [0.1, 0.15) is 0 Å². The van der Waals surface area contributed by atoms with Crippen LogP contribution in [0.1, 0.15) is 33.6 Å². The molecule has 0 saturated carbocycles. The van der Waals surface area contributed by atoms with Crippen molar-refractivity contribution in [2.24, 2.45) is 11.3 Å². The van der Waals surface area contributed by atoms with Crippen LogP contribution in [0.4, 0.5) is 12.0 Å². The third-order valence-electron chi connectivity index (χ3n) is 3.42. The number of anilines is 2. The Morgan fingerprint density at radius 3 is 2.31 bits per heavy atom. The van der Waals surface area contributed by atoms with Gasteiger partial charge in [0.15, 0.2) is 0 Å². The van der Waals surface area contributed by atoms with Gasteiger partial charge in [-0.1, -0.05) is 31.0 Å².